The number of fused-ring (bicyclic) bond motifs is 1. The molecular weight excluding hydrogens is 198 g/mol. The third-order valence-corrected chi connectivity index (χ3v) is 3.56. The summed E-state index contributed by atoms with van der Waals surface area (Å²) >= 11 is 0. The molecule has 0 bridgehead atoms. The van der Waals surface area contributed by atoms with Crippen molar-refractivity contribution in [2.75, 3.05) is 6.54 Å². The lowest BCUT2D eigenvalue weighted by molar-refractivity contribution is -0.0209. The van der Waals surface area contributed by atoms with Gasteiger partial charge in [0.1, 0.15) is 0 Å². The summed E-state index contributed by atoms with van der Waals surface area (Å²) in [5.74, 6) is 2.64. The number of hydrogen-bond acceptors (Lipinski definition) is 2. The Bertz CT molecular complexity index is 442. The predicted octanol–water partition coefficient (Wildman–Crippen LogP) is 2.01. The summed E-state index contributed by atoms with van der Waals surface area (Å²) in [6.45, 7) is 1.34. The van der Waals surface area contributed by atoms with Crippen LogP contribution in [0.2, 0.25) is 0 Å². The highest BCUT2D eigenvalue weighted by Crippen LogP contribution is 2.52. The van der Waals surface area contributed by atoms with Gasteiger partial charge in [0.15, 0.2) is 0 Å². The standard InChI is InChI=1S/C14H15NO/c1-2-9-15-13-12-6-4-3-5-11(12)10-16-14(13)7-8-14/h1,3-6,13,15H,7-10H2. The monoisotopic (exact) mass is 213 g/mol. The Morgan fingerprint density at radius 3 is 3.00 bits per heavy atom. The van der Waals surface area contributed by atoms with Gasteiger partial charge in [-0.15, -0.1) is 6.42 Å². The van der Waals surface area contributed by atoms with E-state index in [0.29, 0.717) is 6.54 Å². The van der Waals surface area contributed by atoms with E-state index in [1.54, 1.807) is 0 Å². The Labute approximate surface area is 96.0 Å². The number of terminal acetylenes is 1. The van der Waals surface area contributed by atoms with Gasteiger partial charge in [-0.2, -0.15) is 0 Å². The maximum atomic E-state index is 5.98. The lowest BCUT2D eigenvalue weighted by Gasteiger charge is -2.34. The lowest BCUT2D eigenvalue weighted by atomic mass is 9.92. The number of nitrogens with one attached hydrogen (secondary N) is 1. The van der Waals surface area contributed by atoms with E-state index in [2.05, 4.69) is 35.5 Å². The van der Waals surface area contributed by atoms with E-state index < -0.39 is 0 Å². The second kappa shape index (κ2) is 3.62. The molecule has 1 aliphatic carbocycles. The maximum absolute atomic E-state index is 5.98. The van der Waals surface area contributed by atoms with Crippen LogP contribution >= 0.6 is 0 Å². The normalized spacial score (nSPS) is 24.8. The Balaban J connectivity index is 1.95. The number of hydrogen-bond donors (Lipinski definition) is 1. The highest BCUT2D eigenvalue weighted by atomic mass is 16.5. The summed E-state index contributed by atoms with van der Waals surface area (Å²) in [5.41, 5.74) is 2.68. The van der Waals surface area contributed by atoms with E-state index in [4.69, 9.17) is 11.2 Å². The van der Waals surface area contributed by atoms with E-state index in [1.807, 2.05) is 0 Å². The van der Waals surface area contributed by atoms with Gasteiger partial charge in [0.05, 0.1) is 24.8 Å². The molecule has 1 spiro atoms. The molecule has 1 aliphatic heterocycles. The summed E-state index contributed by atoms with van der Waals surface area (Å²) in [6.07, 6.45) is 7.61. The first-order valence-corrected chi connectivity index (χ1v) is 5.74. The third-order valence-electron chi connectivity index (χ3n) is 3.56. The number of rotatable bonds is 2. The van der Waals surface area contributed by atoms with Crippen molar-refractivity contribution in [3.8, 4) is 12.3 Å². The molecule has 82 valence electrons. The Kier molecular flexibility index (Phi) is 2.24. The van der Waals surface area contributed by atoms with Crippen molar-refractivity contribution >= 4 is 0 Å². The topological polar surface area (TPSA) is 21.3 Å². The van der Waals surface area contributed by atoms with Gasteiger partial charge in [0.25, 0.3) is 0 Å². The van der Waals surface area contributed by atoms with E-state index >= 15 is 0 Å². The van der Waals surface area contributed by atoms with Crippen molar-refractivity contribution in [1.82, 2.24) is 5.32 Å². The molecule has 0 aromatic heterocycles. The molecule has 1 atom stereocenters. The van der Waals surface area contributed by atoms with E-state index in [9.17, 15) is 0 Å². The molecule has 1 aromatic carbocycles. The van der Waals surface area contributed by atoms with Gasteiger partial charge in [-0.05, 0) is 24.0 Å². The summed E-state index contributed by atoms with van der Waals surface area (Å²) in [5, 5.41) is 3.42. The lowest BCUT2D eigenvalue weighted by Crippen LogP contribution is -2.39. The van der Waals surface area contributed by atoms with E-state index in [1.165, 1.54) is 11.1 Å². The van der Waals surface area contributed by atoms with Crippen LogP contribution in [-0.4, -0.2) is 12.1 Å². The van der Waals surface area contributed by atoms with Crippen molar-refractivity contribution in [3.05, 3.63) is 35.4 Å². The summed E-state index contributed by atoms with van der Waals surface area (Å²) in [7, 11) is 0. The maximum Gasteiger partial charge on any atom is 0.0883 e. The third kappa shape index (κ3) is 1.44. The van der Waals surface area contributed by atoms with Gasteiger partial charge in [0.2, 0.25) is 0 Å². The zero-order valence-corrected chi connectivity index (χ0v) is 9.20. The fourth-order valence-corrected chi connectivity index (χ4v) is 2.55. The Hall–Kier alpha value is -1.30. The molecule has 0 saturated heterocycles. The van der Waals surface area contributed by atoms with Crippen LogP contribution in [0, 0.1) is 12.3 Å². The van der Waals surface area contributed by atoms with Crippen LogP contribution in [0.5, 0.6) is 0 Å². The minimum Gasteiger partial charge on any atom is -0.368 e. The second-order valence-corrected chi connectivity index (χ2v) is 4.57. The molecular formula is C14H15NO. The number of ether oxygens (including phenoxy) is 1. The fraction of sp³-hybridized carbons (Fsp3) is 0.429. The predicted molar refractivity (Wildman–Crippen MR) is 62.8 cm³/mol. The Morgan fingerprint density at radius 1 is 1.44 bits per heavy atom. The summed E-state index contributed by atoms with van der Waals surface area (Å²) in [4.78, 5) is 0. The van der Waals surface area contributed by atoms with E-state index in [-0.39, 0.29) is 11.6 Å². The molecule has 16 heavy (non-hydrogen) atoms. The molecule has 0 amide bonds. The van der Waals surface area contributed by atoms with Gasteiger partial charge in [-0.25, -0.2) is 0 Å². The van der Waals surface area contributed by atoms with Crippen LogP contribution < -0.4 is 5.32 Å². The van der Waals surface area contributed by atoms with Crippen LogP contribution in [0.4, 0.5) is 0 Å². The molecule has 0 radical (unpaired) electrons. The second-order valence-electron chi connectivity index (χ2n) is 4.57. The van der Waals surface area contributed by atoms with Crippen LogP contribution in [0.15, 0.2) is 24.3 Å². The van der Waals surface area contributed by atoms with Crippen LogP contribution in [0.25, 0.3) is 0 Å². The SMILES string of the molecule is C#CCNC1c2ccccc2COC12CC2. The molecule has 1 fully saturated rings. The minimum absolute atomic E-state index is 0.0329. The smallest absolute Gasteiger partial charge is 0.0883 e. The van der Waals surface area contributed by atoms with Crippen molar-refractivity contribution in [1.29, 1.82) is 0 Å². The van der Waals surface area contributed by atoms with E-state index in [0.717, 1.165) is 19.4 Å². The highest BCUT2D eigenvalue weighted by Gasteiger charge is 2.53. The van der Waals surface area contributed by atoms with Gasteiger partial charge < -0.3 is 4.74 Å². The first-order chi connectivity index (χ1) is 7.86. The van der Waals surface area contributed by atoms with Gasteiger partial charge in [-0.1, -0.05) is 30.2 Å². The summed E-state index contributed by atoms with van der Waals surface area (Å²) < 4.78 is 5.98. The zero-order chi connectivity index (χ0) is 11.0. The summed E-state index contributed by atoms with van der Waals surface area (Å²) in [6, 6.07) is 8.74. The molecule has 2 heteroatoms. The van der Waals surface area contributed by atoms with Crippen LogP contribution in [-0.2, 0) is 11.3 Å². The first-order valence-electron chi connectivity index (χ1n) is 5.74. The number of benzene rings is 1. The Morgan fingerprint density at radius 2 is 2.25 bits per heavy atom. The molecule has 1 heterocycles. The molecule has 3 rings (SSSR count). The van der Waals surface area contributed by atoms with Crippen LogP contribution in [0.1, 0.15) is 30.0 Å². The quantitative estimate of drug-likeness (QED) is 0.759. The zero-order valence-electron chi connectivity index (χ0n) is 9.20. The largest absolute Gasteiger partial charge is 0.368 e. The minimum atomic E-state index is 0.0329. The average Bonchev–Trinajstić information content (AvgIpc) is 3.09. The van der Waals surface area contributed by atoms with Crippen LogP contribution in [0.3, 0.4) is 0 Å². The molecule has 2 nitrogen and oxygen atoms in total. The molecule has 1 saturated carbocycles. The first kappa shape index (κ1) is 9.89. The van der Waals surface area contributed by atoms with Gasteiger partial charge >= 0.3 is 0 Å². The van der Waals surface area contributed by atoms with Gasteiger partial charge in [-0.3, -0.25) is 5.32 Å². The molecule has 1 N–H and O–H groups in total. The molecule has 1 aromatic rings. The van der Waals surface area contributed by atoms with Crippen molar-refractivity contribution in [2.24, 2.45) is 0 Å². The molecule has 1 unspecified atom stereocenters. The molecule has 2 aliphatic rings. The van der Waals surface area contributed by atoms with Crippen molar-refractivity contribution in [2.45, 2.75) is 31.1 Å². The van der Waals surface area contributed by atoms with Gasteiger partial charge in [0, 0.05) is 0 Å². The van der Waals surface area contributed by atoms with Crippen molar-refractivity contribution < 1.29 is 4.74 Å². The average molecular weight is 213 g/mol. The fourth-order valence-electron chi connectivity index (χ4n) is 2.55. The highest BCUT2D eigenvalue weighted by molar-refractivity contribution is 5.36. The van der Waals surface area contributed by atoms with Crippen molar-refractivity contribution in [3.63, 3.8) is 0 Å².